The molecule has 1 aromatic carbocycles. The summed E-state index contributed by atoms with van der Waals surface area (Å²) in [5.41, 5.74) is 0.566. The zero-order valence-electron chi connectivity index (χ0n) is 11.2. The van der Waals surface area contributed by atoms with Crippen LogP contribution in [0.15, 0.2) is 12.1 Å². The van der Waals surface area contributed by atoms with Crippen molar-refractivity contribution in [2.45, 2.75) is 6.42 Å². The Morgan fingerprint density at radius 3 is 2.55 bits per heavy atom. The van der Waals surface area contributed by atoms with Crippen LogP contribution in [0.5, 0.6) is 11.5 Å². The third kappa shape index (κ3) is 3.93. The molecule has 108 valence electrons. The van der Waals surface area contributed by atoms with E-state index in [1.807, 2.05) is 6.07 Å². The number of methoxy groups -OCH3 is 2. The average Bonchev–Trinajstić information content (AvgIpc) is 2.43. The molecule has 0 aliphatic carbocycles. The molecule has 1 aromatic rings. The lowest BCUT2D eigenvalue weighted by Gasteiger charge is -2.24. The largest absolute Gasteiger partial charge is 0.495 e. The van der Waals surface area contributed by atoms with Crippen LogP contribution in [0.2, 0.25) is 5.02 Å². The second-order valence-electron chi connectivity index (χ2n) is 3.88. The summed E-state index contributed by atoms with van der Waals surface area (Å²) < 4.78 is 10.3. The first-order valence-corrected chi connectivity index (χ1v) is 6.16. The highest BCUT2D eigenvalue weighted by Gasteiger charge is 2.16. The van der Waals surface area contributed by atoms with Crippen molar-refractivity contribution in [3.8, 4) is 17.6 Å². The molecule has 0 saturated heterocycles. The highest BCUT2D eigenvalue weighted by molar-refractivity contribution is 6.32. The maximum absolute atomic E-state index is 10.7. The smallest absolute Gasteiger partial charge is 0.305 e. The third-order valence-corrected chi connectivity index (χ3v) is 2.95. The van der Waals surface area contributed by atoms with E-state index in [1.54, 1.807) is 17.0 Å². The molecule has 0 amide bonds. The lowest BCUT2D eigenvalue weighted by Crippen LogP contribution is -2.27. The molecule has 1 N–H and O–H groups in total. The number of anilines is 1. The Bertz CT molecular complexity index is 528. The maximum atomic E-state index is 10.7. The number of benzene rings is 1. The van der Waals surface area contributed by atoms with Crippen molar-refractivity contribution in [3.05, 3.63) is 17.2 Å². The van der Waals surface area contributed by atoms with Crippen LogP contribution in [0, 0.1) is 11.3 Å². The van der Waals surface area contributed by atoms with Gasteiger partial charge in [-0.15, -0.1) is 0 Å². The summed E-state index contributed by atoms with van der Waals surface area (Å²) >= 11 is 6.01. The van der Waals surface area contributed by atoms with Gasteiger partial charge in [-0.25, -0.2) is 0 Å². The number of carboxylic acid groups (broad SMARTS) is 1. The van der Waals surface area contributed by atoms with Gasteiger partial charge in [0.05, 0.1) is 37.4 Å². The first kappa shape index (κ1) is 15.9. The fourth-order valence-corrected chi connectivity index (χ4v) is 1.92. The molecule has 20 heavy (non-hydrogen) atoms. The lowest BCUT2D eigenvalue weighted by molar-refractivity contribution is -0.136. The van der Waals surface area contributed by atoms with Crippen LogP contribution in [0.3, 0.4) is 0 Å². The van der Waals surface area contributed by atoms with Gasteiger partial charge in [-0.3, -0.25) is 4.79 Å². The maximum Gasteiger partial charge on any atom is 0.305 e. The second-order valence-corrected chi connectivity index (χ2v) is 4.29. The molecule has 0 aliphatic heterocycles. The molecular weight excluding hydrogens is 284 g/mol. The number of carboxylic acids is 1. The quantitative estimate of drug-likeness (QED) is 0.777. The van der Waals surface area contributed by atoms with Crippen molar-refractivity contribution in [2.75, 3.05) is 32.2 Å². The van der Waals surface area contributed by atoms with Gasteiger partial charge in [0.1, 0.15) is 18.0 Å². The normalized spacial score (nSPS) is 9.70. The first-order chi connectivity index (χ1) is 9.53. The van der Waals surface area contributed by atoms with Gasteiger partial charge in [-0.1, -0.05) is 11.6 Å². The molecule has 6 nitrogen and oxygen atoms in total. The zero-order chi connectivity index (χ0) is 15.1. The van der Waals surface area contributed by atoms with Gasteiger partial charge in [0, 0.05) is 18.7 Å². The standard InChI is InChI=1S/C13H15ClN2O4/c1-19-11-8-10(12(20-2)7-9(11)14)16(6-4-15)5-3-13(17)18/h7-8H,3,5-6H2,1-2H3,(H,17,18). The molecule has 1 rings (SSSR count). The Labute approximate surface area is 122 Å². The van der Waals surface area contributed by atoms with Crippen LogP contribution in [-0.2, 0) is 4.79 Å². The molecule has 0 aromatic heterocycles. The van der Waals surface area contributed by atoms with E-state index < -0.39 is 5.97 Å². The minimum Gasteiger partial charge on any atom is -0.495 e. The van der Waals surface area contributed by atoms with E-state index in [0.717, 1.165) is 0 Å². The fourth-order valence-electron chi connectivity index (χ4n) is 1.69. The summed E-state index contributed by atoms with van der Waals surface area (Å²) in [6.07, 6.45) is -0.0875. The monoisotopic (exact) mass is 298 g/mol. The van der Waals surface area contributed by atoms with Crippen molar-refractivity contribution in [1.82, 2.24) is 0 Å². The Hall–Kier alpha value is -2.13. The van der Waals surface area contributed by atoms with Crippen molar-refractivity contribution in [3.63, 3.8) is 0 Å². The number of rotatable bonds is 7. The van der Waals surface area contributed by atoms with Gasteiger partial charge in [0.25, 0.3) is 0 Å². The number of halogens is 1. The minimum atomic E-state index is -0.937. The minimum absolute atomic E-state index is 0.0361. The highest BCUT2D eigenvalue weighted by atomic mass is 35.5. The summed E-state index contributed by atoms with van der Waals surface area (Å²) in [5, 5.41) is 18.0. The Morgan fingerprint density at radius 1 is 1.40 bits per heavy atom. The summed E-state index contributed by atoms with van der Waals surface area (Å²) in [6, 6.07) is 5.19. The fraction of sp³-hybridized carbons (Fsp3) is 0.385. The van der Waals surface area contributed by atoms with Crippen LogP contribution in [0.4, 0.5) is 5.69 Å². The van der Waals surface area contributed by atoms with E-state index in [9.17, 15) is 4.79 Å². The van der Waals surface area contributed by atoms with Gasteiger partial charge in [-0.2, -0.15) is 5.26 Å². The van der Waals surface area contributed by atoms with Crippen LogP contribution in [0.25, 0.3) is 0 Å². The highest BCUT2D eigenvalue weighted by Crippen LogP contribution is 2.38. The van der Waals surface area contributed by atoms with Crippen LogP contribution in [-0.4, -0.2) is 38.4 Å². The Balaban J connectivity index is 3.16. The van der Waals surface area contributed by atoms with Crippen LogP contribution < -0.4 is 14.4 Å². The number of nitrogens with zero attached hydrogens (tertiary/aromatic N) is 2. The van der Waals surface area contributed by atoms with Gasteiger partial charge >= 0.3 is 5.97 Å². The molecular formula is C13H15ClN2O4. The SMILES string of the molecule is COc1cc(N(CC#N)CCC(=O)O)c(OC)cc1Cl. The van der Waals surface area contributed by atoms with E-state index in [0.29, 0.717) is 22.2 Å². The molecule has 0 atom stereocenters. The van der Waals surface area contributed by atoms with Crippen molar-refractivity contribution in [2.24, 2.45) is 0 Å². The molecule has 0 unspecified atom stereocenters. The van der Waals surface area contributed by atoms with E-state index in [4.69, 9.17) is 31.4 Å². The predicted octanol–water partition coefficient (Wildman–Crippen LogP) is 2.16. The van der Waals surface area contributed by atoms with Gasteiger partial charge < -0.3 is 19.5 Å². The first-order valence-electron chi connectivity index (χ1n) is 5.78. The second kappa shape index (κ2) is 7.46. The molecule has 0 radical (unpaired) electrons. The number of hydrogen-bond acceptors (Lipinski definition) is 5. The van der Waals surface area contributed by atoms with E-state index in [1.165, 1.54) is 14.2 Å². The van der Waals surface area contributed by atoms with Gasteiger partial charge in [0.15, 0.2) is 0 Å². The number of carbonyl (C=O) groups is 1. The number of ether oxygens (including phenoxy) is 2. The Morgan fingerprint density at radius 2 is 2.05 bits per heavy atom. The summed E-state index contributed by atoms with van der Waals surface area (Å²) in [6.45, 7) is 0.221. The molecule has 0 fully saturated rings. The molecule has 7 heteroatoms. The van der Waals surface area contributed by atoms with Gasteiger partial charge in [-0.05, 0) is 0 Å². The molecule has 0 bridgehead atoms. The topological polar surface area (TPSA) is 82.8 Å². The number of hydrogen-bond donors (Lipinski definition) is 1. The third-order valence-electron chi connectivity index (χ3n) is 2.65. The van der Waals surface area contributed by atoms with E-state index in [2.05, 4.69) is 0 Å². The zero-order valence-corrected chi connectivity index (χ0v) is 12.0. The molecule has 0 aliphatic rings. The van der Waals surface area contributed by atoms with E-state index in [-0.39, 0.29) is 19.5 Å². The average molecular weight is 299 g/mol. The summed E-state index contributed by atoms with van der Waals surface area (Å²) in [5.74, 6) is -0.0509. The lowest BCUT2D eigenvalue weighted by atomic mass is 10.2. The van der Waals surface area contributed by atoms with Crippen LogP contribution in [0.1, 0.15) is 6.42 Å². The molecule has 0 spiro atoms. The van der Waals surface area contributed by atoms with Crippen molar-refractivity contribution >= 4 is 23.3 Å². The summed E-state index contributed by atoms with van der Waals surface area (Å²) in [4.78, 5) is 12.3. The van der Waals surface area contributed by atoms with Crippen LogP contribution >= 0.6 is 11.6 Å². The van der Waals surface area contributed by atoms with Gasteiger partial charge in [0.2, 0.25) is 0 Å². The molecule has 0 heterocycles. The number of nitriles is 1. The molecule has 0 saturated carbocycles. The Kier molecular flexibility index (Phi) is 5.94. The predicted molar refractivity (Wildman–Crippen MR) is 74.6 cm³/mol. The number of aliphatic carboxylic acids is 1. The van der Waals surface area contributed by atoms with Crippen molar-refractivity contribution < 1.29 is 19.4 Å². The summed E-state index contributed by atoms with van der Waals surface area (Å²) in [7, 11) is 2.95. The van der Waals surface area contributed by atoms with Crippen molar-refractivity contribution in [1.29, 1.82) is 5.26 Å². The van der Waals surface area contributed by atoms with E-state index >= 15 is 0 Å².